The van der Waals surface area contributed by atoms with Crippen molar-refractivity contribution in [1.82, 2.24) is 14.5 Å². The van der Waals surface area contributed by atoms with Gasteiger partial charge in [-0.3, -0.25) is 9.36 Å². The smallest absolute Gasteiger partial charge is 0.300 e. The summed E-state index contributed by atoms with van der Waals surface area (Å²) in [6.45, 7) is 3.52. The fourth-order valence-corrected chi connectivity index (χ4v) is 3.74. The fraction of sp³-hybridized carbons (Fsp3) is 0.467. The van der Waals surface area contributed by atoms with E-state index in [-0.39, 0.29) is 12.5 Å². The molecule has 0 spiro atoms. The molecule has 0 radical (unpaired) electrons. The van der Waals surface area contributed by atoms with E-state index in [2.05, 4.69) is 15.3 Å². The predicted octanol–water partition coefficient (Wildman–Crippen LogP) is 1.83. The van der Waals surface area contributed by atoms with Crippen molar-refractivity contribution in [3.63, 3.8) is 0 Å². The third-order valence-corrected chi connectivity index (χ3v) is 4.81. The molecule has 1 amide bonds. The van der Waals surface area contributed by atoms with Crippen molar-refractivity contribution in [2.24, 2.45) is 0 Å². The Morgan fingerprint density at radius 1 is 1.32 bits per heavy atom. The normalized spacial score (nSPS) is 13.7. The third-order valence-electron chi connectivity index (χ3n) is 3.74. The molecule has 1 aliphatic rings. The molecular formula is C15H18N4O2S. The number of thiazole rings is 1. The number of amides is 1. The average molecular weight is 318 g/mol. The molecule has 0 bridgehead atoms. The Morgan fingerprint density at radius 3 is 2.82 bits per heavy atom. The van der Waals surface area contributed by atoms with Crippen molar-refractivity contribution in [1.29, 1.82) is 0 Å². The summed E-state index contributed by atoms with van der Waals surface area (Å²) < 4.78 is 1.37. The van der Waals surface area contributed by atoms with Crippen molar-refractivity contribution < 1.29 is 4.79 Å². The minimum atomic E-state index is -0.397. The Morgan fingerprint density at radius 2 is 2.09 bits per heavy atom. The molecule has 0 aromatic carbocycles. The predicted molar refractivity (Wildman–Crippen MR) is 85.4 cm³/mol. The van der Waals surface area contributed by atoms with Crippen molar-refractivity contribution >= 4 is 22.4 Å². The number of anilines is 1. The molecule has 22 heavy (non-hydrogen) atoms. The highest BCUT2D eigenvalue weighted by molar-refractivity contribution is 7.15. The van der Waals surface area contributed by atoms with Crippen LogP contribution in [0.4, 0.5) is 5.13 Å². The lowest BCUT2D eigenvalue weighted by molar-refractivity contribution is -0.116. The van der Waals surface area contributed by atoms with Gasteiger partial charge in [0.15, 0.2) is 5.13 Å². The lowest BCUT2D eigenvalue weighted by Crippen LogP contribution is -2.31. The first kappa shape index (κ1) is 14.9. The van der Waals surface area contributed by atoms with E-state index in [0.717, 1.165) is 30.7 Å². The van der Waals surface area contributed by atoms with Gasteiger partial charge in [-0.15, -0.1) is 11.3 Å². The van der Waals surface area contributed by atoms with Crippen LogP contribution in [0.5, 0.6) is 0 Å². The first-order valence-electron chi connectivity index (χ1n) is 7.36. The van der Waals surface area contributed by atoms with Crippen LogP contribution in [0.2, 0.25) is 0 Å². The van der Waals surface area contributed by atoms with Gasteiger partial charge >= 0.3 is 5.69 Å². The molecule has 2 heterocycles. The van der Waals surface area contributed by atoms with Crippen LogP contribution < -0.4 is 11.0 Å². The van der Waals surface area contributed by atoms with Gasteiger partial charge < -0.3 is 5.32 Å². The standard InChI is InChI=1S/C15H18N4O2S/c1-9-7-10(2)19(15(21)16-9)8-13(20)18-14-17-11-5-3-4-6-12(11)22-14/h7H,3-6,8H2,1-2H3,(H,17,18,20). The highest BCUT2D eigenvalue weighted by Crippen LogP contribution is 2.29. The van der Waals surface area contributed by atoms with Gasteiger partial charge in [0.1, 0.15) is 6.54 Å². The number of fused-ring (bicyclic) bond motifs is 1. The zero-order chi connectivity index (χ0) is 15.7. The highest BCUT2D eigenvalue weighted by atomic mass is 32.1. The Balaban J connectivity index is 1.73. The Hall–Kier alpha value is -2.02. The number of nitrogens with one attached hydrogen (secondary N) is 1. The lowest BCUT2D eigenvalue weighted by atomic mass is 10.0. The number of aromatic nitrogens is 3. The maximum Gasteiger partial charge on any atom is 0.348 e. The number of nitrogens with zero attached hydrogens (tertiary/aromatic N) is 3. The molecule has 2 aromatic rings. The maximum atomic E-state index is 12.2. The molecule has 0 aliphatic heterocycles. The second-order valence-electron chi connectivity index (χ2n) is 5.55. The van der Waals surface area contributed by atoms with Crippen LogP contribution in [0.1, 0.15) is 34.8 Å². The molecular weight excluding hydrogens is 300 g/mol. The van der Waals surface area contributed by atoms with Crippen LogP contribution in [0.3, 0.4) is 0 Å². The Labute approximate surface area is 132 Å². The molecule has 0 unspecified atom stereocenters. The minimum Gasteiger partial charge on any atom is -0.300 e. The molecule has 1 N–H and O–H groups in total. The van der Waals surface area contributed by atoms with E-state index >= 15 is 0 Å². The number of aryl methyl sites for hydroxylation is 4. The van der Waals surface area contributed by atoms with Gasteiger partial charge in [-0.05, 0) is 45.6 Å². The molecule has 0 saturated heterocycles. The summed E-state index contributed by atoms with van der Waals surface area (Å²) in [5.74, 6) is -0.248. The van der Waals surface area contributed by atoms with Gasteiger partial charge in [0.25, 0.3) is 0 Å². The average Bonchev–Trinajstić information content (AvgIpc) is 2.84. The van der Waals surface area contributed by atoms with E-state index in [4.69, 9.17) is 0 Å². The van der Waals surface area contributed by atoms with Gasteiger partial charge in [0.2, 0.25) is 5.91 Å². The zero-order valence-electron chi connectivity index (χ0n) is 12.7. The second kappa shape index (κ2) is 6.00. The number of hydrogen-bond donors (Lipinski definition) is 1. The van der Waals surface area contributed by atoms with Crippen LogP contribution in [0, 0.1) is 13.8 Å². The van der Waals surface area contributed by atoms with Crippen LogP contribution in [0.15, 0.2) is 10.9 Å². The van der Waals surface area contributed by atoms with Gasteiger partial charge in [0, 0.05) is 16.3 Å². The third kappa shape index (κ3) is 3.09. The highest BCUT2D eigenvalue weighted by Gasteiger charge is 2.17. The molecule has 0 fully saturated rings. The molecule has 0 saturated carbocycles. The SMILES string of the molecule is Cc1cc(C)n(CC(=O)Nc2nc3c(s2)CCCC3)c(=O)n1. The van der Waals surface area contributed by atoms with Crippen LogP contribution in [0.25, 0.3) is 0 Å². The minimum absolute atomic E-state index is 0.0395. The number of carbonyl (C=O) groups excluding carboxylic acids is 1. The van der Waals surface area contributed by atoms with E-state index in [0.29, 0.717) is 10.8 Å². The summed E-state index contributed by atoms with van der Waals surface area (Å²) in [7, 11) is 0. The summed E-state index contributed by atoms with van der Waals surface area (Å²) in [6, 6.07) is 1.79. The molecule has 7 heteroatoms. The molecule has 3 rings (SSSR count). The van der Waals surface area contributed by atoms with Gasteiger partial charge in [0.05, 0.1) is 5.69 Å². The van der Waals surface area contributed by atoms with E-state index in [1.54, 1.807) is 19.9 Å². The summed E-state index contributed by atoms with van der Waals surface area (Å²) in [6.07, 6.45) is 4.38. The molecule has 2 aromatic heterocycles. The van der Waals surface area contributed by atoms with E-state index in [9.17, 15) is 9.59 Å². The van der Waals surface area contributed by atoms with Crippen molar-refractivity contribution in [3.8, 4) is 0 Å². The summed E-state index contributed by atoms with van der Waals surface area (Å²) in [5.41, 5.74) is 2.10. The Bertz CT molecular complexity index is 755. The molecule has 116 valence electrons. The van der Waals surface area contributed by atoms with Crippen LogP contribution in [-0.4, -0.2) is 20.4 Å². The fourth-order valence-electron chi connectivity index (χ4n) is 2.67. The molecule has 1 aliphatic carbocycles. The second-order valence-corrected chi connectivity index (χ2v) is 6.64. The lowest BCUT2D eigenvalue weighted by Gasteiger charge is -2.08. The molecule has 0 atom stereocenters. The number of rotatable bonds is 3. The van der Waals surface area contributed by atoms with Crippen molar-refractivity contribution in [2.75, 3.05) is 5.32 Å². The first-order chi connectivity index (χ1) is 10.5. The number of hydrogen-bond acceptors (Lipinski definition) is 5. The van der Waals surface area contributed by atoms with Gasteiger partial charge in [-0.25, -0.2) is 9.78 Å². The monoisotopic (exact) mass is 318 g/mol. The largest absolute Gasteiger partial charge is 0.348 e. The quantitative estimate of drug-likeness (QED) is 0.936. The summed E-state index contributed by atoms with van der Waals surface area (Å²) >= 11 is 1.54. The van der Waals surface area contributed by atoms with E-state index < -0.39 is 5.69 Å². The topological polar surface area (TPSA) is 76.9 Å². The van der Waals surface area contributed by atoms with E-state index in [1.807, 2.05) is 0 Å². The maximum absolute atomic E-state index is 12.2. The van der Waals surface area contributed by atoms with Crippen LogP contribution in [-0.2, 0) is 24.2 Å². The Kier molecular flexibility index (Phi) is 4.06. The van der Waals surface area contributed by atoms with Gasteiger partial charge in [-0.2, -0.15) is 4.98 Å². The zero-order valence-corrected chi connectivity index (χ0v) is 13.5. The van der Waals surface area contributed by atoms with E-state index in [1.165, 1.54) is 27.2 Å². The van der Waals surface area contributed by atoms with Crippen LogP contribution >= 0.6 is 11.3 Å². The van der Waals surface area contributed by atoms with Crippen molar-refractivity contribution in [2.45, 2.75) is 46.1 Å². The number of carbonyl (C=O) groups is 1. The van der Waals surface area contributed by atoms with Crippen molar-refractivity contribution in [3.05, 3.63) is 38.5 Å². The summed E-state index contributed by atoms with van der Waals surface area (Å²) in [5, 5.41) is 3.43. The molecule has 6 nitrogen and oxygen atoms in total. The first-order valence-corrected chi connectivity index (χ1v) is 8.18. The van der Waals surface area contributed by atoms with Gasteiger partial charge in [-0.1, -0.05) is 0 Å². The summed E-state index contributed by atoms with van der Waals surface area (Å²) in [4.78, 5) is 33.6.